The maximum absolute atomic E-state index is 13.0. The maximum Gasteiger partial charge on any atom is 0.237 e. The number of aryl methyl sites for hydroxylation is 1. The molecule has 5 heteroatoms. The lowest BCUT2D eigenvalue weighted by Gasteiger charge is -2.40. The number of hydrogen-bond acceptors (Lipinski definition) is 3. The molecule has 0 radical (unpaired) electrons. The minimum atomic E-state index is -1.00. The van der Waals surface area contributed by atoms with Gasteiger partial charge in [-0.05, 0) is 52.3 Å². The molecule has 0 aromatic heterocycles. The number of benzene rings is 1. The Balaban J connectivity index is 2.02. The molecule has 1 aromatic carbocycles. The second-order valence-electron chi connectivity index (χ2n) is 7.22. The predicted molar refractivity (Wildman–Crippen MR) is 102 cm³/mol. The van der Waals surface area contributed by atoms with Crippen molar-refractivity contribution in [3.05, 3.63) is 29.8 Å². The van der Waals surface area contributed by atoms with Gasteiger partial charge in [0.2, 0.25) is 11.8 Å². The number of anilines is 1. The third-order valence-electron chi connectivity index (χ3n) is 5.05. The largest absolute Gasteiger partial charge is 0.368 e. The molecule has 1 saturated heterocycles. The third-order valence-corrected chi connectivity index (χ3v) is 5.05. The number of carbonyl (C=O) groups excluding carboxylic acids is 2. The van der Waals surface area contributed by atoms with E-state index in [4.69, 9.17) is 0 Å². The van der Waals surface area contributed by atoms with Gasteiger partial charge in [0, 0.05) is 45.0 Å². The predicted octanol–water partition coefficient (Wildman–Crippen LogP) is 2.54. The molecule has 0 bridgehead atoms. The maximum atomic E-state index is 13.0. The Hall–Kier alpha value is -2.04. The van der Waals surface area contributed by atoms with E-state index in [0.717, 1.165) is 13.1 Å². The highest BCUT2D eigenvalue weighted by molar-refractivity contribution is 6.04. The van der Waals surface area contributed by atoms with Crippen molar-refractivity contribution in [1.82, 2.24) is 9.80 Å². The monoisotopic (exact) mass is 345 g/mol. The van der Waals surface area contributed by atoms with Gasteiger partial charge in [0.15, 0.2) is 0 Å². The normalized spacial score (nSPS) is 15.2. The Morgan fingerprint density at radius 2 is 1.68 bits per heavy atom. The molecule has 1 aliphatic rings. The van der Waals surface area contributed by atoms with Gasteiger partial charge >= 0.3 is 0 Å². The van der Waals surface area contributed by atoms with E-state index in [0.29, 0.717) is 26.2 Å². The highest BCUT2D eigenvalue weighted by atomic mass is 16.2. The average molecular weight is 345 g/mol. The zero-order valence-corrected chi connectivity index (χ0v) is 16.2. The summed E-state index contributed by atoms with van der Waals surface area (Å²) >= 11 is 0. The van der Waals surface area contributed by atoms with Gasteiger partial charge < -0.3 is 14.7 Å². The van der Waals surface area contributed by atoms with E-state index < -0.39 is 5.41 Å². The van der Waals surface area contributed by atoms with Crippen molar-refractivity contribution in [2.75, 3.05) is 44.2 Å². The number of amides is 2. The van der Waals surface area contributed by atoms with Crippen molar-refractivity contribution in [2.24, 2.45) is 5.41 Å². The molecule has 1 fully saturated rings. The van der Waals surface area contributed by atoms with Gasteiger partial charge in [-0.2, -0.15) is 0 Å². The van der Waals surface area contributed by atoms with Gasteiger partial charge in [-0.1, -0.05) is 12.1 Å². The molecule has 1 aliphatic heterocycles. The number of piperazine rings is 1. The van der Waals surface area contributed by atoms with Crippen LogP contribution < -0.4 is 4.90 Å². The molecule has 1 heterocycles. The first-order chi connectivity index (χ1) is 11.8. The number of nitrogens with zero attached hydrogens (tertiary/aromatic N) is 3. The standard InChI is InChI=1S/C20H31N3O2/c1-6-21(7-2)18(24)20(4,5)19(25)23-13-11-22(12-14-23)17-10-8-9-16(3)15-17/h8-10,15H,6-7,11-14H2,1-5H3. The van der Waals surface area contributed by atoms with Crippen LogP contribution in [0.2, 0.25) is 0 Å². The fourth-order valence-electron chi connectivity index (χ4n) is 3.39. The van der Waals surface area contributed by atoms with Crippen LogP contribution in [-0.4, -0.2) is 60.9 Å². The van der Waals surface area contributed by atoms with E-state index in [1.165, 1.54) is 11.3 Å². The SMILES string of the molecule is CCN(CC)C(=O)C(C)(C)C(=O)N1CCN(c2cccc(C)c2)CC1. The Morgan fingerprint density at radius 3 is 2.20 bits per heavy atom. The molecule has 2 rings (SSSR count). The van der Waals surface area contributed by atoms with E-state index in [1.54, 1.807) is 18.7 Å². The molecule has 25 heavy (non-hydrogen) atoms. The first-order valence-electron chi connectivity index (χ1n) is 9.21. The molecule has 2 amide bonds. The lowest BCUT2D eigenvalue weighted by Crippen LogP contribution is -2.56. The third kappa shape index (κ3) is 4.14. The fraction of sp³-hybridized carbons (Fsp3) is 0.600. The smallest absolute Gasteiger partial charge is 0.237 e. The van der Waals surface area contributed by atoms with Crippen LogP contribution in [-0.2, 0) is 9.59 Å². The quantitative estimate of drug-likeness (QED) is 0.770. The average Bonchev–Trinajstić information content (AvgIpc) is 2.62. The van der Waals surface area contributed by atoms with Crippen LogP contribution in [0, 0.1) is 12.3 Å². The molecule has 0 saturated carbocycles. The molecule has 5 nitrogen and oxygen atoms in total. The zero-order valence-electron chi connectivity index (χ0n) is 16.2. The van der Waals surface area contributed by atoms with Crippen LogP contribution >= 0.6 is 0 Å². The Morgan fingerprint density at radius 1 is 1.08 bits per heavy atom. The minimum absolute atomic E-state index is 0.0618. The van der Waals surface area contributed by atoms with Gasteiger partial charge in [0.05, 0.1) is 0 Å². The first kappa shape index (κ1) is 19.3. The van der Waals surface area contributed by atoms with Gasteiger partial charge in [-0.3, -0.25) is 9.59 Å². The zero-order chi connectivity index (χ0) is 18.6. The highest BCUT2D eigenvalue weighted by Crippen LogP contribution is 2.25. The van der Waals surface area contributed by atoms with E-state index >= 15 is 0 Å². The van der Waals surface area contributed by atoms with E-state index in [1.807, 2.05) is 18.7 Å². The highest BCUT2D eigenvalue weighted by Gasteiger charge is 2.41. The fourth-order valence-corrected chi connectivity index (χ4v) is 3.39. The van der Waals surface area contributed by atoms with E-state index in [-0.39, 0.29) is 11.8 Å². The summed E-state index contributed by atoms with van der Waals surface area (Å²) < 4.78 is 0. The molecule has 138 valence electrons. The summed E-state index contributed by atoms with van der Waals surface area (Å²) in [6.45, 7) is 13.7. The van der Waals surface area contributed by atoms with Crippen molar-refractivity contribution < 1.29 is 9.59 Å². The summed E-state index contributed by atoms with van der Waals surface area (Å²) in [4.78, 5) is 31.5. The molecular weight excluding hydrogens is 314 g/mol. The number of rotatable bonds is 5. The first-order valence-corrected chi connectivity index (χ1v) is 9.21. The second kappa shape index (κ2) is 7.89. The lowest BCUT2D eigenvalue weighted by molar-refractivity contribution is -0.154. The molecule has 1 aromatic rings. The van der Waals surface area contributed by atoms with Crippen LogP contribution in [0.25, 0.3) is 0 Å². The van der Waals surface area contributed by atoms with E-state index in [9.17, 15) is 9.59 Å². The van der Waals surface area contributed by atoms with E-state index in [2.05, 4.69) is 36.1 Å². The van der Waals surface area contributed by atoms with Crippen molar-refractivity contribution in [2.45, 2.75) is 34.6 Å². The Labute approximate surface area is 151 Å². The second-order valence-corrected chi connectivity index (χ2v) is 7.22. The topological polar surface area (TPSA) is 43.9 Å². The number of hydrogen-bond donors (Lipinski definition) is 0. The van der Waals surface area contributed by atoms with Crippen molar-refractivity contribution in [3.8, 4) is 0 Å². The Bertz CT molecular complexity index is 615. The van der Waals surface area contributed by atoms with Gasteiger partial charge in [0.25, 0.3) is 0 Å². The number of carbonyl (C=O) groups is 2. The van der Waals surface area contributed by atoms with Gasteiger partial charge in [-0.25, -0.2) is 0 Å². The summed E-state index contributed by atoms with van der Waals surface area (Å²) in [7, 11) is 0. The molecule has 0 atom stereocenters. The summed E-state index contributed by atoms with van der Waals surface area (Å²) in [5, 5.41) is 0. The summed E-state index contributed by atoms with van der Waals surface area (Å²) in [6, 6.07) is 8.43. The lowest BCUT2D eigenvalue weighted by atomic mass is 9.89. The van der Waals surface area contributed by atoms with Crippen molar-refractivity contribution >= 4 is 17.5 Å². The molecule has 0 spiro atoms. The van der Waals surface area contributed by atoms with Crippen LogP contribution in [0.5, 0.6) is 0 Å². The van der Waals surface area contributed by atoms with Gasteiger partial charge in [-0.15, -0.1) is 0 Å². The van der Waals surface area contributed by atoms with Crippen LogP contribution in [0.3, 0.4) is 0 Å². The molecular formula is C20H31N3O2. The van der Waals surface area contributed by atoms with Gasteiger partial charge in [0.1, 0.15) is 5.41 Å². The molecule has 0 aliphatic carbocycles. The summed E-state index contributed by atoms with van der Waals surface area (Å²) in [5.41, 5.74) is 1.44. The van der Waals surface area contributed by atoms with Crippen LogP contribution in [0.15, 0.2) is 24.3 Å². The van der Waals surface area contributed by atoms with Crippen LogP contribution in [0.1, 0.15) is 33.3 Å². The summed E-state index contributed by atoms with van der Waals surface area (Å²) in [6.07, 6.45) is 0. The van der Waals surface area contributed by atoms with Crippen molar-refractivity contribution in [1.29, 1.82) is 0 Å². The minimum Gasteiger partial charge on any atom is -0.368 e. The van der Waals surface area contributed by atoms with Crippen LogP contribution in [0.4, 0.5) is 5.69 Å². The summed E-state index contributed by atoms with van der Waals surface area (Å²) in [5.74, 6) is -0.142. The molecule has 0 unspecified atom stereocenters. The van der Waals surface area contributed by atoms with Crippen molar-refractivity contribution in [3.63, 3.8) is 0 Å². The molecule has 0 N–H and O–H groups in total. The Kier molecular flexibility index (Phi) is 6.09.